The third kappa shape index (κ3) is 3.70. The maximum absolute atomic E-state index is 13.1. The van der Waals surface area contributed by atoms with E-state index in [1.807, 2.05) is 0 Å². The molecule has 0 amide bonds. The summed E-state index contributed by atoms with van der Waals surface area (Å²) >= 11 is 0. The van der Waals surface area contributed by atoms with Crippen LogP contribution in [0, 0.1) is 5.82 Å². The zero-order valence-electron chi connectivity index (χ0n) is 10.1. The number of hydrogen-bond donors (Lipinski definition) is 0. The summed E-state index contributed by atoms with van der Waals surface area (Å²) in [5, 5.41) is 0. The van der Waals surface area contributed by atoms with Gasteiger partial charge < -0.3 is 14.2 Å². The average molecular weight is 254 g/mol. The molecular weight excluding hydrogens is 239 g/mol. The Morgan fingerprint density at radius 3 is 3.00 bits per heavy atom. The van der Waals surface area contributed by atoms with E-state index in [1.165, 1.54) is 19.2 Å². The number of benzene rings is 1. The number of hydrogen-bond acceptors (Lipinski definition) is 4. The van der Waals surface area contributed by atoms with E-state index >= 15 is 0 Å². The number of esters is 1. The quantitative estimate of drug-likeness (QED) is 0.572. The van der Waals surface area contributed by atoms with Crippen molar-refractivity contribution >= 4 is 5.97 Å². The van der Waals surface area contributed by atoms with Gasteiger partial charge in [0.25, 0.3) is 0 Å². The number of ether oxygens (including phenoxy) is 3. The van der Waals surface area contributed by atoms with E-state index in [4.69, 9.17) is 9.47 Å². The number of methoxy groups -OCH3 is 1. The van der Waals surface area contributed by atoms with E-state index in [0.29, 0.717) is 25.4 Å². The topological polar surface area (TPSA) is 48.1 Å². The number of carbonyl (C=O) groups excluding carboxylic acids is 1. The summed E-state index contributed by atoms with van der Waals surface area (Å²) in [7, 11) is 1.34. The maximum Gasteiger partial charge on any atom is 0.305 e. The van der Waals surface area contributed by atoms with Gasteiger partial charge in [-0.05, 0) is 18.1 Å². The molecule has 1 saturated heterocycles. The second-order valence-corrected chi connectivity index (χ2v) is 4.09. The Hall–Kier alpha value is -1.62. The summed E-state index contributed by atoms with van der Waals surface area (Å²) in [5.41, 5.74) is 0.794. The molecule has 0 bridgehead atoms. The fourth-order valence-electron chi connectivity index (χ4n) is 1.56. The lowest BCUT2D eigenvalue weighted by Crippen LogP contribution is -2.08. The minimum absolute atomic E-state index is 0.113. The highest BCUT2D eigenvalue weighted by molar-refractivity contribution is 5.69. The minimum atomic E-state index is -0.358. The molecule has 0 saturated carbocycles. The first-order valence-electron chi connectivity index (χ1n) is 5.78. The van der Waals surface area contributed by atoms with Gasteiger partial charge in [0.1, 0.15) is 24.3 Å². The predicted molar refractivity (Wildman–Crippen MR) is 62.0 cm³/mol. The second-order valence-electron chi connectivity index (χ2n) is 4.09. The van der Waals surface area contributed by atoms with Gasteiger partial charge in [0.2, 0.25) is 0 Å². The highest BCUT2D eigenvalue weighted by atomic mass is 19.1. The van der Waals surface area contributed by atoms with Crippen LogP contribution in [-0.2, 0) is 20.7 Å². The molecule has 1 fully saturated rings. The lowest BCUT2D eigenvalue weighted by atomic mass is 10.1. The van der Waals surface area contributed by atoms with Crippen LogP contribution in [-0.4, -0.2) is 32.4 Å². The van der Waals surface area contributed by atoms with Crippen molar-refractivity contribution in [3.8, 4) is 5.75 Å². The van der Waals surface area contributed by atoms with Crippen molar-refractivity contribution in [1.29, 1.82) is 0 Å². The largest absolute Gasteiger partial charge is 0.490 e. The fraction of sp³-hybridized carbons (Fsp3) is 0.462. The minimum Gasteiger partial charge on any atom is -0.490 e. The zero-order valence-corrected chi connectivity index (χ0v) is 10.1. The van der Waals surface area contributed by atoms with Crippen LogP contribution < -0.4 is 4.74 Å². The van der Waals surface area contributed by atoms with Gasteiger partial charge in [0, 0.05) is 12.5 Å². The standard InChI is InChI=1S/C13H15FO4/c1-16-13(15)5-3-9-2-4-10(14)6-12(9)18-8-11-7-17-11/h2,4,6,11H,3,5,7-8H2,1H3/t11-/m0/s1. The van der Waals surface area contributed by atoms with Crippen LogP contribution >= 0.6 is 0 Å². The molecule has 2 rings (SSSR count). The predicted octanol–water partition coefficient (Wildman–Crippen LogP) is 1.71. The summed E-state index contributed by atoms with van der Waals surface area (Å²) in [4.78, 5) is 11.1. The Kier molecular flexibility index (Phi) is 4.15. The van der Waals surface area contributed by atoms with Crippen molar-refractivity contribution in [1.82, 2.24) is 0 Å². The van der Waals surface area contributed by atoms with Crippen molar-refractivity contribution in [3.63, 3.8) is 0 Å². The molecule has 0 radical (unpaired) electrons. The summed E-state index contributed by atoms with van der Waals surface area (Å²) in [6.07, 6.45) is 0.827. The molecule has 0 spiro atoms. The molecule has 1 aromatic carbocycles. The summed E-state index contributed by atoms with van der Waals surface area (Å²) in [6, 6.07) is 4.31. The van der Waals surface area contributed by atoms with Crippen molar-refractivity contribution < 1.29 is 23.4 Å². The number of rotatable bonds is 6. The van der Waals surface area contributed by atoms with E-state index in [1.54, 1.807) is 6.07 Å². The second kappa shape index (κ2) is 5.82. The third-order valence-corrected chi connectivity index (χ3v) is 2.68. The van der Waals surface area contributed by atoms with Crippen LogP contribution in [0.1, 0.15) is 12.0 Å². The molecule has 0 N–H and O–H groups in total. The molecule has 98 valence electrons. The lowest BCUT2D eigenvalue weighted by Gasteiger charge is -2.10. The van der Waals surface area contributed by atoms with E-state index < -0.39 is 0 Å². The van der Waals surface area contributed by atoms with Crippen molar-refractivity contribution in [2.24, 2.45) is 0 Å². The smallest absolute Gasteiger partial charge is 0.305 e. The monoisotopic (exact) mass is 254 g/mol. The third-order valence-electron chi connectivity index (χ3n) is 2.68. The Morgan fingerprint density at radius 1 is 1.56 bits per heavy atom. The van der Waals surface area contributed by atoms with Gasteiger partial charge in [0.15, 0.2) is 0 Å². The van der Waals surface area contributed by atoms with Crippen molar-refractivity contribution in [2.45, 2.75) is 18.9 Å². The van der Waals surface area contributed by atoms with Gasteiger partial charge in [-0.3, -0.25) is 4.79 Å². The van der Waals surface area contributed by atoms with Gasteiger partial charge in [-0.2, -0.15) is 0 Å². The highest BCUT2D eigenvalue weighted by Gasteiger charge is 2.23. The maximum atomic E-state index is 13.1. The first-order valence-corrected chi connectivity index (χ1v) is 5.78. The van der Waals surface area contributed by atoms with Gasteiger partial charge >= 0.3 is 5.97 Å². The molecule has 1 aromatic rings. The molecule has 1 aliphatic rings. The van der Waals surface area contributed by atoms with Crippen LogP contribution in [0.15, 0.2) is 18.2 Å². The van der Waals surface area contributed by atoms with E-state index in [2.05, 4.69) is 4.74 Å². The highest BCUT2D eigenvalue weighted by Crippen LogP contribution is 2.23. The number of halogens is 1. The molecule has 0 unspecified atom stereocenters. The summed E-state index contributed by atoms with van der Waals surface area (Å²) in [6.45, 7) is 1.10. The first kappa shape index (κ1) is 12.8. The van der Waals surface area contributed by atoms with Crippen LogP contribution in [0.4, 0.5) is 4.39 Å². The van der Waals surface area contributed by atoms with Gasteiger partial charge in [-0.1, -0.05) is 6.07 Å². The van der Waals surface area contributed by atoms with Crippen molar-refractivity contribution in [2.75, 3.05) is 20.3 Å². The molecule has 1 aliphatic heterocycles. The van der Waals surface area contributed by atoms with Gasteiger partial charge in [0.05, 0.1) is 13.7 Å². The van der Waals surface area contributed by atoms with Crippen LogP contribution in [0.25, 0.3) is 0 Å². The molecule has 1 heterocycles. The number of aryl methyl sites for hydroxylation is 1. The van der Waals surface area contributed by atoms with Crippen molar-refractivity contribution in [3.05, 3.63) is 29.6 Å². The summed E-state index contributed by atoms with van der Waals surface area (Å²) in [5.74, 6) is -0.186. The Balaban J connectivity index is 1.99. The van der Waals surface area contributed by atoms with E-state index in [0.717, 1.165) is 5.56 Å². The Labute approximate surface area is 105 Å². The van der Waals surface area contributed by atoms with E-state index in [9.17, 15) is 9.18 Å². The fourth-order valence-corrected chi connectivity index (χ4v) is 1.56. The lowest BCUT2D eigenvalue weighted by molar-refractivity contribution is -0.140. The van der Waals surface area contributed by atoms with Crippen LogP contribution in [0.5, 0.6) is 5.75 Å². The molecule has 4 nitrogen and oxygen atoms in total. The molecule has 0 aromatic heterocycles. The first-order chi connectivity index (χ1) is 8.69. The molecule has 5 heteroatoms. The molecular formula is C13H15FO4. The Bertz CT molecular complexity index is 429. The van der Waals surface area contributed by atoms with Gasteiger partial charge in [-0.25, -0.2) is 4.39 Å². The average Bonchev–Trinajstić information content (AvgIpc) is 3.18. The van der Waals surface area contributed by atoms with Crippen LogP contribution in [0.3, 0.4) is 0 Å². The normalized spacial score (nSPS) is 17.3. The number of epoxide rings is 1. The molecule has 18 heavy (non-hydrogen) atoms. The summed E-state index contributed by atoms with van der Waals surface area (Å²) < 4.78 is 28.2. The molecule has 1 atom stereocenters. The SMILES string of the molecule is COC(=O)CCc1ccc(F)cc1OC[C@@H]1CO1. The number of carbonyl (C=O) groups is 1. The molecule has 0 aliphatic carbocycles. The Morgan fingerprint density at radius 2 is 2.33 bits per heavy atom. The zero-order chi connectivity index (χ0) is 13.0. The van der Waals surface area contributed by atoms with Crippen LogP contribution in [0.2, 0.25) is 0 Å². The van der Waals surface area contributed by atoms with Gasteiger partial charge in [-0.15, -0.1) is 0 Å². The van der Waals surface area contributed by atoms with E-state index in [-0.39, 0.29) is 24.3 Å².